The van der Waals surface area contributed by atoms with Crippen LogP contribution < -0.4 is 21.3 Å². The molecule has 0 spiro atoms. The third-order valence-corrected chi connectivity index (χ3v) is 4.81. The van der Waals surface area contributed by atoms with Crippen molar-refractivity contribution < 1.29 is 4.79 Å². The Kier molecular flexibility index (Phi) is 5.94. The lowest BCUT2D eigenvalue weighted by Crippen LogP contribution is -2.39. The van der Waals surface area contributed by atoms with Crippen LogP contribution in [-0.4, -0.2) is 36.0 Å². The molecule has 8 heteroatoms. The first kappa shape index (κ1) is 20.8. The Hall–Kier alpha value is -4.46. The molecule has 0 fully saturated rings. The second-order valence-corrected chi connectivity index (χ2v) is 7.26. The van der Waals surface area contributed by atoms with Crippen LogP contribution in [0.3, 0.4) is 0 Å². The van der Waals surface area contributed by atoms with Gasteiger partial charge in [0.05, 0.1) is 17.1 Å². The zero-order valence-electron chi connectivity index (χ0n) is 17.7. The fraction of sp³-hybridized carbons (Fsp3) is 0.0833. The van der Waals surface area contributed by atoms with E-state index in [1.54, 1.807) is 18.2 Å². The Morgan fingerprint density at radius 2 is 1.66 bits per heavy atom. The van der Waals surface area contributed by atoms with Crippen LogP contribution in [0.2, 0.25) is 0 Å². The summed E-state index contributed by atoms with van der Waals surface area (Å²) in [7, 11) is 3.92. The summed E-state index contributed by atoms with van der Waals surface area (Å²) in [5, 5.41) is 4.37. The predicted molar refractivity (Wildman–Crippen MR) is 128 cm³/mol. The van der Waals surface area contributed by atoms with E-state index in [1.165, 1.54) is 6.21 Å². The van der Waals surface area contributed by atoms with Crippen molar-refractivity contribution in [3.8, 4) is 11.4 Å². The van der Waals surface area contributed by atoms with Gasteiger partial charge in [0.2, 0.25) is 0 Å². The quantitative estimate of drug-likeness (QED) is 0.378. The third kappa shape index (κ3) is 4.49. The number of fused-ring (bicyclic) bond motifs is 1. The first-order valence-electron chi connectivity index (χ1n) is 9.97. The summed E-state index contributed by atoms with van der Waals surface area (Å²) in [6.07, 6.45) is 1.53. The van der Waals surface area contributed by atoms with E-state index in [-0.39, 0.29) is 5.56 Å². The van der Waals surface area contributed by atoms with Gasteiger partial charge in [-0.25, -0.2) is 20.6 Å². The Balaban J connectivity index is 1.58. The van der Waals surface area contributed by atoms with Crippen molar-refractivity contribution in [2.75, 3.05) is 24.4 Å². The number of hydrogen-bond acceptors (Lipinski definition) is 5. The number of benzene rings is 3. The van der Waals surface area contributed by atoms with E-state index < -0.39 is 6.03 Å². The van der Waals surface area contributed by atoms with E-state index in [4.69, 9.17) is 0 Å². The maximum Gasteiger partial charge on any atom is 0.354 e. The normalized spacial score (nSPS) is 10.9. The molecule has 1 heterocycles. The van der Waals surface area contributed by atoms with Crippen LogP contribution in [0.25, 0.3) is 22.3 Å². The molecule has 0 bridgehead atoms. The van der Waals surface area contributed by atoms with E-state index in [1.807, 2.05) is 79.7 Å². The lowest BCUT2D eigenvalue weighted by molar-refractivity contribution is 0.250. The lowest BCUT2D eigenvalue weighted by atomic mass is 10.2. The largest absolute Gasteiger partial charge is 0.378 e. The zero-order valence-corrected chi connectivity index (χ0v) is 17.7. The molecule has 2 amide bonds. The highest BCUT2D eigenvalue weighted by Gasteiger charge is 2.14. The molecule has 32 heavy (non-hydrogen) atoms. The van der Waals surface area contributed by atoms with E-state index in [0.717, 1.165) is 15.9 Å². The number of aromatic nitrogens is 2. The monoisotopic (exact) mass is 426 g/mol. The number of hydrogen-bond donors (Lipinski definition) is 2. The predicted octanol–water partition coefficient (Wildman–Crippen LogP) is 3.42. The first-order valence-corrected chi connectivity index (χ1v) is 9.97. The molecule has 2 N–H and O–H groups in total. The minimum atomic E-state index is -0.664. The van der Waals surface area contributed by atoms with Crippen LogP contribution in [0.15, 0.2) is 88.8 Å². The van der Waals surface area contributed by atoms with Crippen LogP contribution in [0.4, 0.5) is 10.5 Å². The van der Waals surface area contributed by atoms with Crippen LogP contribution in [0, 0.1) is 0 Å². The summed E-state index contributed by atoms with van der Waals surface area (Å²) in [5.41, 5.74) is 7.69. The van der Waals surface area contributed by atoms with Crippen molar-refractivity contribution in [1.82, 2.24) is 15.1 Å². The number of nitrogens with one attached hydrogen (secondary N) is 2. The van der Waals surface area contributed by atoms with E-state index in [0.29, 0.717) is 22.3 Å². The number of carbonyl (C=O) groups excluding carboxylic acids is 1. The highest BCUT2D eigenvalue weighted by molar-refractivity contribution is 5.86. The molecule has 1 aromatic heterocycles. The Morgan fingerprint density at radius 1 is 0.969 bits per heavy atom. The van der Waals surface area contributed by atoms with Gasteiger partial charge >= 0.3 is 6.03 Å². The molecule has 0 aliphatic heterocycles. The average Bonchev–Trinajstić information content (AvgIpc) is 2.81. The summed E-state index contributed by atoms with van der Waals surface area (Å²) >= 11 is 0. The molecule has 4 aromatic rings. The maximum atomic E-state index is 13.1. The fourth-order valence-electron chi connectivity index (χ4n) is 3.17. The Labute approximate surface area is 184 Å². The summed E-state index contributed by atoms with van der Waals surface area (Å²) < 4.78 is 1.13. The van der Waals surface area contributed by atoms with Gasteiger partial charge in [-0.05, 0) is 29.8 Å². The summed E-state index contributed by atoms with van der Waals surface area (Å²) in [6, 6.07) is 23.2. The van der Waals surface area contributed by atoms with Crippen molar-refractivity contribution in [1.29, 1.82) is 0 Å². The number of rotatable bonds is 5. The third-order valence-electron chi connectivity index (χ3n) is 4.81. The molecule has 0 aliphatic carbocycles. The number of carbonyl (C=O) groups is 1. The minimum absolute atomic E-state index is 0.327. The van der Waals surface area contributed by atoms with Crippen LogP contribution in [-0.2, 0) is 0 Å². The van der Waals surface area contributed by atoms with E-state index in [2.05, 4.69) is 20.9 Å². The number of nitrogens with zero attached hydrogens (tertiary/aromatic N) is 4. The van der Waals surface area contributed by atoms with Crippen molar-refractivity contribution in [3.05, 3.63) is 94.8 Å². The van der Waals surface area contributed by atoms with Crippen molar-refractivity contribution >= 4 is 28.8 Å². The summed E-state index contributed by atoms with van der Waals surface area (Å²) in [5.74, 6) is 0.327. The van der Waals surface area contributed by atoms with Crippen LogP contribution in [0.1, 0.15) is 5.56 Å². The fourth-order valence-corrected chi connectivity index (χ4v) is 3.17. The van der Waals surface area contributed by atoms with Gasteiger partial charge in [-0.3, -0.25) is 4.79 Å². The van der Waals surface area contributed by atoms with Gasteiger partial charge in [0.15, 0.2) is 5.82 Å². The molecule has 3 aromatic carbocycles. The van der Waals surface area contributed by atoms with Gasteiger partial charge in [-0.1, -0.05) is 54.6 Å². The van der Waals surface area contributed by atoms with Crippen LogP contribution in [0.5, 0.6) is 0 Å². The molecular weight excluding hydrogens is 404 g/mol. The van der Waals surface area contributed by atoms with Crippen molar-refractivity contribution in [3.63, 3.8) is 0 Å². The second kappa shape index (κ2) is 9.13. The number of urea groups is 1. The van der Waals surface area contributed by atoms with Crippen LogP contribution >= 0.6 is 0 Å². The molecule has 0 saturated heterocycles. The molecule has 0 saturated carbocycles. The first-order chi connectivity index (χ1) is 15.5. The molecule has 8 nitrogen and oxygen atoms in total. The van der Waals surface area contributed by atoms with Crippen molar-refractivity contribution in [2.45, 2.75) is 0 Å². The number of anilines is 1. The summed E-state index contributed by atoms with van der Waals surface area (Å²) in [4.78, 5) is 32.1. The molecule has 0 atom stereocenters. The Morgan fingerprint density at radius 3 is 2.38 bits per heavy atom. The smallest absolute Gasteiger partial charge is 0.354 e. The molecular formula is C24H22N6O2. The topological polar surface area (TPSA) is 91.6 Å². The average molecular weight is 426 g/mol. The number of para-hydroxylation sites is 1. The van der Waals surface area contributed by atoms with Gasteiger partial charge in [-0.2, -0.15) is 9.78 Å². The Bertz CT molecular complexity index is 1330. The number of hydrazone groups is 1. The van der Waals surface area contributed by atoms with Gasteiger partial charge in [0.25, 0.3) is 5.56 Å². The van der Waals surface area contributed by atoms with Crippen molar-refractivity contribution in [2.24, 2.45) is 5.10 Å². The zero-order chi connectivity index (χ0) is 22.5. The SMILES string of the molecule is CN(C)c1ccc(/C=N/NC(=O)Nn2c(-c3ccccc3)nc3ccccc3c2=O)cc1. The highest BCUT2D eigenvalue weighted by atomic mass is 16.2. The van der Waals surface area contributed by atoms with Gasteiger partial charge in [-0.15, -0.1) is 0 Å². The van der Waals surface area contributed by atoms with E-state index >= 15 is 0 Å². The molecule has 4 rings (SSSR count). The summed E-state index contributed by atoms with van der Waals surface area (Å²) in [6.45, 7) is 0. The van der Waals surface area contributed by atoms with E-state index in [9.17, 15) is 9.59 Å². The van der Waals surface area contributed by atoms with Gasteiger partial charge < -0.3 is 4.90 Å². The number of amides is 2. The molecule has 0 radical (unpaired) electrons. The van der Waals surface area contributed by atoms with Gasteiger partial charge in [0.1, 0.15) is 0 Å². The highest BCUT2D eigenvalue weighted by Crippen LogP contribution is 2.17. The molecule has 160 valence electrons. The minimum Gasteiger partial charge on any atom is -0.378 e. The molecule has 0 aliphatic rings. The maximum absolute atomic E-state index is 13.1. The standard InChI is InChI=1S/C24H22N6O2/c1-29(2)19-14-12-17(13-15-19)16-25-27-24(32)28-30-22(18-8-4-3-5-9-18)26-21-11-7-6-10-20(21)23(30)31/h3-16H,1-2H3,(H2,27,28,32)/b25-16+. The lowest BCUT2D eigenvalue weighted by Gasteiger charge is -2.14. The molecule has 0 unspecified atom stereocenters. The second-order valence-electron chi connectivity index (χ2n) is 7.26. The van der Waals surface area contributed by atoms with Gasteiger partial charge in [0, 0.05) is 25.3 Å².